The number of hydrogen-bond acceptors (Lipinski definition) is 2. The van der Waals surface area contributed by atoms with Crippen molar-refractivity contribution in [1.29, 1.82) is 0 Å². The van der Waals surface area contributed by atoms with Crippen molar-refractivity contribution < 1.29 is 0 Å². The van der Waals surface area contributed by atoms with Crippen LogP contribution in [0.2, 0.25) is 0 Å². The van der Waals surface area contributed by atoms with Gasteiger partial charge in [0.25, 0.3) is 0 Å². The predicted octanol–water partition coefficient (Wildman–Crippen LogP) is 2.01. The van der Waals surface area contributed by atoms with E-state index in [1.54, 1.807) is 0 Å². The molecule has 1 aliphatic rings. The van der Waals surface area contributed by atoms with E-state index >= 15 is 0 Å². The highest BCUT2D eigenvalue weighted by atomic mass is 32.2. The maximum atomic E-state index is 5.81. The summed E-state index contributed by atoms with van der Waals surface area (Å²) in [6, 6.07) is 0.476. The summed E-state index contributed by atoms with van der Waals surface area (Å²) in [7, 11) is 0. The van der Waals surface area contributed by atoms with Gasteiger partial charge in [0, 0.05) is 16.0 Å². The third-order valence-corrected chi connectivity index (χ3v) is 3.36. The molecule has 0 saturated heterocycles. The van der Waals surface area contributed by atoms with E-state index in [4.69, 9.17) is 5.73 Å². The molecule has 1 saturated carbocycles. The Bertz CT molecular complexity index is 117. The Kier molecular flexibility index (Phi) is 2.31. The van der Waals surface area contributed by atoms with Crippen LogP contribution in [0.4, 0.5) is 0 Å². The molecular weight excluding hydrogens is 142 g/mol. The summed E-state index contributed by atoms with van der Waals surface area (Å²) < 4.78 is 0.392. The van der Waals surface area contributed by atoms with E-state index in [1.807, 2.05) is 11.8 Å². The van der Waals surface area contributed by atoms with Gasteiger partial charge in [-0.3, -0.25) is 0 Å². The number of thioether (sulfide) groups is 1. The lowest BCUT2D eigenvalue weighted by atomic mass is 9.93. The Balaban J connectivity index is 2.26. The van der Waals surface area contributed by atoms with E-state index in [9.17, 15) is 0 Å². The monoisotopic (exact) mass is 159 g/mol. The minimum atomic E-state index is 0.392. The number of nitrogens with two attached hydrogens (primary N) is 1. The van der Waals surface area contributed by atoms with Crippen LogP contribution in [0.1, 0.15) is 33.6 Å². The molecule has 1 fully saturated rings. The van der Waals surface area contributed by atoms with Crippen LogP contribution in [0.5, 0.6) is 0 Å². The molecular formula is C8H17NS. The van der Waals surface area contributed by atoms with Gasteiger partial charge in [0.15, 0.2) is 0 Å². The minimum Gasteiger partial charge on any atom is -0.327 e. The second-order valence-corrected chi connectivity index (χ2v) is 6.08. The molecule has 2 atom stereocenters. The topological polar surface area (TPSA) is 26.0 Å². The van der Waals surface area contributed by atoms with Crippen molar-refractivity contribution in [3.63, 3.8) is 0 Å². The van der Waals surface area contributed by atoms with E-state index in [0.29, 0.717) is 10.8 Å². The fraction of sp³-hybridized carbons (Fsp3) is 1.00. The Labute approximate surface area is 67.8 Å². The molecule has 0 aromatic heterocycles. The molecule has 0 heterocycles. The van der Waals surface area contributed by atoms with Crippen molar-refractivity contribution >= 4 is 11.8 Å². The second-order valence-electron chi connectivity index (χ2n) is 4.01. The zero-order valence-corrected chi connectivity index (χ0v) is 7.87. The van der Waals surface area contributed by atoms with Crippen LogP contribution in [0.25, 0.3) is 0 Å². The van der Waals surface area contributed by atoms with Gasteiger partial charge in [0.05, 0.1) is 0 Å². The summed E-state index contributed by atoms with van der Waals surface area (Å²) >= 11 is 2.03. The van der Waals surface area contributed by atoms with Crippen LogP contribution in [0.3, 0.4) is 0 Å². The standard InChI is InChI=1S/C8H17NS/c1-8(2,3)10-7-5-4-6(7)9/h6-7H,4-5,9H2,1-3H3. The first kappa shape index (κ1) is 8.41. The summed E-state index contributed by atoms with van der Waals surface area (Å²) in [4.78, 5) is 0. The van der Waals surface area contributed by atoms with Gasteiger partial charge in [-0.25, -0.2) is 0 Å². The molecule has 0 radical (unpaired) electrons. The zero-order valence-electron chi connectivity index (χ0n) is 7.05. The molecule has 1 rings (SSSR count). The van der Waals surface area contributed by atoms with Crippen LogP contribution in [-0.4, -0.2) is 16.0 Å². The van der Waals surface area contributed by atoms with Crippen molar-refractivity contribution in [2.75, 3.05) is 0 Å². The molecule has 0 aromatic rings. The normalized spacial score (nSPS) is 33.6. The minimum absolute atomic E-state index is 0.392. The lowest BCUT2D eigenvalue weighted by Crippen LogP contribution is -2.43. The molecule has 1 aliphatic carbocycles. The maximum Gasteiger partial charge on any atom is 0.0204 e. The first-order valence-electron chi connectivity index (χ1n) is 3.92. The lowest BCUT2D eigenvalue weighted by molar-refractivity contribution is 0.431. The van der Waals surface area contributed by atoms with Gasteiger partial charge in [-0.2, -0.15) is 11.8 Å². The Hall–Kier alpha value is 0.310. The maximum absolute atomic E-state index is 5.81. The van der Waals surface area contributed by atoms with Gasteiger partial charge in [-0.15, -0.1) is 0 Å². The summed E-state index contributed by atoms with van der Waals surface area (Å²) in [5.41, 5.74) is 5.81. The van der Waals surface area contributed by atoms with Gasteiger partial charge in [-0.05, 0) is 12.8 Å². The van der Waals surface area contributed by atoms with Crippen molar-refractivity contribution in [1.82, 2.24) is 0 Å². The van der Waals surface area contributed by atoms with E-state index < -0.39 is 0 Å². The van der Waals surface area contributed by atoms with Gasteiger partial charge in [-0.1, -0.05) is 20.8 Å². The summed E-state index contributed by atoms with van der Waals surface area (Å²) in [5, 5.41) is 0.736. The summed E-state index contributed by atoms with van der Waals surface area (Å²) in [6.45, 7) is 6.76. The van der Waals surface area contributed by atoms with Crippen molar-refractivity contribution in [3.05, 3.63) is 0 Å². The Morgan fingerprint density at radius 1 is 1.30 bits per heavy atom. The lowest BCUT2D eigenvalue weighted by Gasteiger charge is -2.37. The highest BCUT2D eigenvalue weighted by Gasteiger charge is 2.31. The van der Waals surface area contributed by atoms with Gasteiger partial charge >= 0.3 is 0 Å². The first-order valence-corrected chi connectivity index (χ1v) is 4.80. The molecule has 2 unspecified atom stereocenters. The molecule has 0 aliphatic heterocycles. The molecule has 1 nitrogen and oxygen atoms in total. The molecule has 10 heavy (non-hydrogen) atoms. The van der Waals surface area contributed by atoms with E-state index in [1.165, 1.54) is 12.8 Å². The summed E-state index contributed by atoms with van der Waals surface area (Å²) in [6.07, 6.45) is 2.55. The second kappa shape index (κ2) is 2.74. The molecule has 0 bridgehead atoms. The average molecular weight is 159 g/mol. The third kappa shape index (κ3) is 2.17. The van der Waals surface area contributed by atoms with Crippen molar-refractivity contribution in [2.45, 2.75) is 49.7 Å². The molecule has 2 N–H and O–H groups in total. The highest BCUT2D eigenvalue weighted by Crippen LogP contribution is 2.38. The van der Waals surface area contributed by atoms with Gasteiger partial charge < -0.3 is 5.73 Å². The molecule has 0 spiro atoms. The third-order valence-electron chi connectivity index (χ3n) is 1.77. The Morgan fingerprint density at radius 2 is 1.90 bits per heavy atom. The van der Waals surface area contributed by atoms with Crippen molar-refractivity contribution in [3.8, 4) is 0 Å². The van der Waals surface area contributed by atoms with Crippen molar-refractivity contribution in [2.24, 2.45) is 5.73 Å². The molecule has 2 heteroatoms. The number of rotatable bonds is 1. The smallest absolute Gasteiger partial charge is 0.0204 e. The van der Waals surface area contributed by atoms with Crippen LogP contribution < -0.4 is 5.73 Å². The van der Waals surface area contributed by atoms with Gasteiger partial charge in [0.1, 0.15) is 0 Å². The fourth-order valence-corrected chi connectivity index (χ4v) is 2.57. The molecule has 60 valence electrons. The van der Waals surface area contributed by atoms with Crippen LogP contribution in [0, 0.1) is 0 Å². The van der Waals surface area contributed by atoms with Crippen LogP contribution in [-0.2, 0) is 0 Å². The average Bonchev–Trinajstić information content (AvgIpc) is 1.78. The predicted molar refractivity (Wildman–Crippen MR) is 48.3 cm³/mol. The van der Waals surface area contributed by atoms with Crippen LogP contribution in [0.15, 0.2) is 0 Å². The fourth-order valence-electron chi connectivity index (χ4n) is 1.10. The molecule has 0 amide bonds. The van der Waals surface area contributed by atoms with Crippen LogP contribution >= 0.6 is 11.8 Å². The number of hydrogen-bond donors (Lipinski definition) is 1. The largest absolute Gasteiger partial charge is 0.327 e. The highest BCUT2D eigenvalue weighted by molar-refractivity contribution is 8.01. The molecule has 0 aromatic carbocycles. The first-order chi connectivity index (χ1) is 4.49. The quantitative estimate of drug-likeness (QED) is 0.633. The SMILES string of the molecule is CC(C)(C)SC1CCC1N. The van der Waals surface area contributed by atoms with Gasteiger partial charge in [0.2, 0.25) is 0 Å². The van der Waals surface area contributed by atoms with E-state index in [2.05, 4.69) is 20.8 Å². The summed E-state index contributed by atoms with van der Waals surface area (Å²) in [5.74, 6) is 0. The Morgan fingerprint density at radius 3 is 2.00 bits per heavy atom. The zero-order chi connectivity index (χ0) is 7.78. The van der Waals surface area contributed by atoms with E-state index in [0.717, 1.165) is 5.25 Å². The van der Waals surface area contributed by atoms with E-state index in [-0.39, 0.29) is 0 Å².